The van der Waals surface area contributed by atoms with Crippen molar-refractivity contribution in [3.8, 4) is 0 Å². The molecule has 4 heteroatoms. The summed E-state index contributed by atoms with van der Waals surface area (Å²) in [5.41, 5.74) is 3.23. The van der Waals surface area contributed by atoms with Gasteiger partial charge in [-0.3, -0.25) is 4.90 Å². The smallest absolute Gasteiger partial charge is 0.216 e. The Morgan fingerprint density at radius 3 is 2.62 bits per heavy atom. The summed E-state index contributed by atoms with van der Waals surface area (Å²) in [6.45, 7) is 14.2. The van der Waals surface area contributed by atoms with Crippen molar-refractivity contribution in [3.05, 3.63) is 78.6 Å². The summed E-state index contributed by atoms with van der Waals surface area (Å²) in [6.07, 6.45) is 17.1. The van der Waals surface area contributed by atoms with Crippen LogP contribution in [0.4, 0.5) is 5.95 Å². The standard InChI is InChI=1S/C20H24N4/c1-6-10-11-14-17-15-23-16(5)18(12-7-2)22-20(23)24(17)19(13-8-3)21-9-4/h6-14H,1,3,15H2,2,4-5H3/b11-10-,12-7-,17-14+,19-13+,21-9-. The molecule has 24 heavy (non-hydrogen) atoms. The first kappa shape index (κ1) is 17.5. The molecule has 0 N–H and O–H groups in total. The second-order valence-corrected chi connectivity index (χ2v) is 5.23. The van der Waals surface area contributed by atoms with Crippen molar-refractivity contribution >= 4 is 18.2 Å². The van der Waals surface area contributed by atoms with Crippen LogP contribution in [0.15, 0.2) is 72.2 Å². The van der Waals surface area contributed by atoms with Crippen molar-refractivity contribution in [3.63, 3.8) is 0 Å². The third-order valence-corrected chi connectivity index (χ3v) is 3.66. The normalized spacial score (nSPS) is 16.9. The van der Waals surface area contributed by atoms with Gasteiger partial charge in [0.05, 0.1) is 12.2 Å². The highest BCUT2D eigenvalue weighted by atomic mass is 15.4. The first-order valence-corrected chi connectivity index (χ1v) is 7.97. The highest BCUT2D eigenvalue weighted by Crippen LogP contribution is 2.35. The Morgan fingerprint density at radius 1 is 1.21 bits per heavy atom. The molecule has 0 bridgehead atoms. The summed E-state index contributed by atoms with van der Waals surface area (Å²) in [6, 6.07) is 0. The molecule has 1 aromatic heterocycles. The number of rotatable bonds is 6. The summed E-state index contributed by atoms with van der Waals surface area (Å²) in [4.78, 5) is 11.4. The van der Waals surface area contributed by atoms with Crippen LogP contribution in [0.2, 0.25) is 0 Å². The predicted octanol–water partition coefficient (Wildman–Crippen LogP) is 4.79. The van der Waals surface area contributed by atoms with Crippen LogP contribution in [0, 0.1) is 6.92 Å². The number of aromatic nitrogens is 2. The molecule has 2 heterocycles. The van der Waals surface area contributed by atoms with Crippen molar-refractivity contribution < 1.29 is 0 Å². The molecule has 0 aliphatic carbocycles. The van der Waals surface area contributed by atoms with E-state index in [0.29, 0.717) is 0 Å². The molecule has 2 rings (SSSR count). The van der Waals surface area contributed by atoms with E-state index in [1.54, 1.807) is 18.4 Å². The molecule has 124 valence electrons. The Morgan fingerprint density at radius 2 is 2.00 bits per heavy atom. The predicted molar refractivity (Wildman–Crippen MR) is 104 cm³/mol. The average Bonchev–Trinajstić information content (AvgIpc) is 3.05. The van der Waals surface area contributed by atoms with Crippen molar-refractivity contribution in [2.45, 2.75) is 27.3 Å². The van der Waals surface area contributed by atoms with Crippen LogP contribution in [-0.4, -0.2) is 15.8 Å². The van der Waals surface area contributed by atoms with Gasteiger partial charge in [0.15, 0.2) is 0 Å². The zero-order chi connectivity index (χ0) is 17.5. The maximum Gasteiger partial charge on any atom is 0.216 e. The van der Waals surface area contributed by atoms with E-state index in [-0.39, 0.29) is 0 Å². The molecule has 1 aromatic rings. The lowest BCUT2D eigenvalue weighted by molar-refractivity contribution is 0.823. The van der Waals surface area contributed by atoms with Gasteiger partial charge in [0.2, 0.25) is 5.95 Å². The van der Waals surface area contributed by atoms with E-state index in [4.69, 9.17) is 4.98 Å². The molecule has 0 fully saturated rings. The molecule has 0 atom stereocenters. The first-order valence-electron chi connectivity index (χ1n) is 7.97. The number of aliphatic imine (C=N–C) groups is 1. The molecule has 0 unspecified atom stereocenters. The van der Waals surface area contributed by atoms with Crippen LogP contribution in [0.1, 0.15) is 25.2 Å². The Kier molecular flexibility index (Phi) is 5.90. The van der Waals surface area contributed by atoms with Gasteiger partial charge >= 0.3 is 0 Å². The summed E-state index contributed by atoms with van der Waals surface area (Å²) in [7, 11) is 0. The molecular formula is C20H24N4. The van der Waals surface area contributed by atoms with E-state index in [9.17, 15) is 0 Å². The quantitative estimate of drug-likeness (QED) is 0.558. The molecule has 1 aliphatic rings. The van der Waals surface area contributed by atoms with E-state index in [1.165, 1.54) is 0 Å². The molecular weight excluding hydrogens is 296 g/mol. The number of anilines is 1. The molecule has 4 nitrogen and oxygen atoms in total. The minimum atomic E-state index is 0.751. The van der Waals surface area contributed by atoms with Crippen LogP contribution in [0.3, 0.4) is 0 Å². The van der Waals surface area contributed by atoms with Crippen molar-refractivity contribution in [2.75, 3.05) is 4.90 Å². The lowest BCUT2D eigenvalue weighted by Gasteiger charge is -2.18. The maximum absolute atomic E-state index is 4.79. The molecule has 0 saturated carbocycles. The van der Waals surface area contributed by atoms with E-state index in [2.05, 4.69) is 40.6 Å². The van der Waals surface area contributed by atoms with Crippen LogP contribution in [-0.2, 0) is 6.54 Å². The van der Waals surface area contributed by atoms with Gasteiger partial charge in [0.1, 0.15) is 5.82 Å². The molecule has 0 spiro atoms. The van der Waals surface area contributed by atoms with Gasteiger partial charge in [0, 0.05) is 17.6 Å². The zero-order valence-electron chi connectivity index (χ0n) is 14.6. The lowest BCUT2D eigenvalue weighted by atomic mass is 10.3. The van der Waals surface area contributed by atoms with Gasteiger partial charge < -0.3 is 4.57 Å². The Hall–Kier alpha value is -2.88. The van der Waals surface area contributed by atoms with Crippen LogP contribution >= 0.6 is 0 Å². The summed E-state index contributed by atoms with van der Waals surface area (Å²) in [5.74, 6) is 1.67. The first-order chi connectivity index (χ1) is 11.7. The minimum Gasteiger partial charge on any atom is -0.308 e. The average molecular weight is 320 g/mol. The molecule has 0 saturated heterocycles. The van der Waals surface area contributed by atoms with E-state index in [1.807, 2.05) is 44.2 Å². The van der Waals surface area contributed by atoms with Crippen molar-refractivity contribution in [2.24, 2.45) is 4.99 Å². The van der Waals surface area contributed by atoms with Gasteiger partial charge in [0.25, 0.3) is 0 Å². The fraction of sp³-hybridized carbons (Fsp3) is 0.200. The highest BCUT2D eigenvalue weighted by Gasteiger charge is 2.30. The Balaban J connectivity index is 2.60. The topological polar surface area (TPSA) is 33.4 Å². The van der Waals surface area contributed by atoms with Crippen molar-refractivity contribution in [1.29, 1.82) is 0 Å². The van der Waals surface area contributed by atoms with E-state index in [0.717, 1.165) is 35.4 Å². The summed E-state index contributed by atoms with van der Waals surface area (Å²) in [5, 5.41) is 0. The third-order valence-electron chi connectivity index (χ3n) is 3.66. The number of hydrogen-bond acceptors (Lipinski definition) is 3. The fourth-order valence-electron chi connectivity index (χ4n) is 2.61. The summed E-state index contributed by atoms with van der Waals surface area (Å²) >= 11 is 0. The Labute approximate surface area is 144 Å². The zero-order valence-corrected chi connectivity index (χ0v) is 14.6. The number of imidazole rings is 1. The molecule has 0 amide bonds. The van der Waals surface area contributed by atoms with E-state index < -0.39 is 0 Å². The molecule has 0 aromatic carbocycles. The second-order valence-electron chi connectivity index (χ2n) is 5.23. The van der Waals surface area contributed by atoms with Crippen molar-refractivity contribution in [1.82, 2.24) is 9.55 Å². The molecule has 1 aliphatic heterocycles. The number of nitrogens with zero attached hydrogens (tertiary/aromatic N) is 4. The third kappa shape index (κ3) is 3.38. The monoisotopic (exact) mass is 320 g/mol. The minimum absolute atomic E-state index is 0.751. The fourth-order valence-corrected chi connectivity index (χ4v) is 2.61. The highest BCUT2D eigenvalue weighted by molar-refractivity contribution is 5.64. The van der Waals surface area contributed by atoms with Crippen LogP contribution < -0.4 is 4.90 Å². The van der Waals surface area contributed by atoms with Gasteiger partial charge in [-0.1, -0.05) is 43.5 Å². The maximum atomic E-state index is 4.79. The Bertz CT molecular complexity index is 770. The summed E-state index contributed by atoms with van der Waals surface area (Å²) < 4.78 is 2.20. The van der Waals surface area contributed by atoms with Gasteiger partial charge in [-0.05, 0) is 39.0 Å². The van der Waals surface area contributed by atoms with Gasteiger partial charge in [-0.2, -0.15) is 0 Å². The van der Waals surface area contributed by atoms with E-state index >= 15 is 0 Å². The SMILES string of the molecule is C=C/C=C\C=C1/Cn2c(nc(/C=C\C)c2C)N1C(=C/C=C)/N=C\C. The van der Waals surface area contributed by atoms with Crippen LogP contribution in [0.5, 0.6) is 0 Å². The largest absolute Gasteiger partial charge is 0.308 e. The van der Waals surface area contributed by atoms with Gasteiger partial charge in [-0.15, -0.1) is 0 Å². The van der Waals surface area contributed by atoms with Gasteiger partial charge in [-0.25, -0.2) is 9.98 Å². The van der Waals surface area contributed by atoms with Crippen LogP contribution in [0.25, 0.3) is 6.08 Å². The lowest BCUT2D eigenvalue weighted by Crippen LogP contribution is -2.18. The second kappa shape index (κ2) is 8.11. The number of allylic oxidation sites excluding steroid dienone is 8. The number of hydrogen-bond donors (Lipinski definition) is 0. The molecule has 0 radical (unpaired) electrons. The number of fused-ring (bicyclic) bond motifs is 1.